The summed E-state index contributed by atoms with van der Waals surface area (Å²) in [6, 6.07) is 0. The van der Waals surface area contributed by atoms with Crippen molar-refractivity contribution in [2.24, 2.45) is 0 Å². The zero-order chi connectivity index (χ0) is 17.6. The second-order valence-electron chi connectivity index (χ2n) is 5.61. The minimum atomic E-state index is -0.415. The molecule has 1 amide bonds. The maximum absolute atomic E-state index is 12.5. The SMILES string of the molecule is C=CCn1c(C)c(C(=O)NCCN(C)C)c(C)c1C(=O)OCC. The van der Waals surface area contributed by atoms with Crippen LogP contribution in [0.1, 0.15) is 39.0 Å². The van der Waals surface area contributed by atoms with Crippen molar-refractivity contribution in [3.05, 3.63) is 35.2 Å². The number of nitrogens with one attached hydrogen (secondary N) is 1. The lowest BCUT2D eigenvalue weighted by molar-refractivity contribution is 0.0513. The van der Waals surface area contributed by atoms with Crippen LogP contribution in [0.2, 0.25) is 0 Å². The molecule has 0 spiro atoms. The van der Waals surface area contributed by atoms with E-state index in [9.17, 15) is 9.59 Å². The molecule has 6 nitrogen and oxygen atoms in total. The van der Waals surface area contributed by atoms with E-state index in [0.29, 0.717) is 36.5 Å². The van der Waals surface area contributed by atoms with Gasteiger partial charge in [0.05, 0.1) is 12.2 Å². The van der Waals surface area contributed by atoms with Gasteiger partial charge in [-0.15, -0.1) is 6.58 Å². The van der Waals surface area contributed by atoms with Crippen molar-refractivity contribution in [3.8, 4) is 0 Å². The van der Waals surface area contributed by atoms with Crippen LogP contribution in [0.15, 0.2) is 12.7 Å². The van der Waals surface area contributed by atoms with Gasteiger partial charge in [-0.3, -0.25) is 4.79 Å². The second-order valence-corrected chi connectivity index (χ2v) is 5.61. The number of nitrogens with zero attached hydrogens (tertiary/aromatic N) is 2. The maximum Gasteiger partial charge on any atom is 0.355 e. The largest absolute Gasteiger partial charge is 0.461 e. The summed E-state index contributed by atoms with van der Waals surface area (Å²) >= 11 is 0. The Morgan fingerprint density at radius 1 is 1.35 bits per heavy atom. The number of hydrogen-bond donors (Lipinski definition) is 1. The summed E-state index contributed by atoms with van der Waals surface area (Å²) in [5.74, 6) is -0.586. The molecule has 1 aromatic rings. The molecule has 23 heavy (non-hydrogen) atoms. The first-order valence-corrected chi connectivity index (χ1v) is 7.75. The van der Waals surface area contributed by atoms with Crippen LogP contribution < -0.4 is 5.32 Å². The Hall–Kier alpha value is -2.08. The van der Waals surface area contributed by atoms with Gasteiger partial charge in [-0.1, -0.05) is 6.08 Å². The Balaban J connectivity index is 3.17. The molecule has 1 N–H and O–H groups in total. The number of likely N-dealkylation sites (N-methyl/N-ethyl adjacent to an activating group) is 1. The molecule has 0 aromatic carbocycles. The molecule has 0 bridgehead atoms. The van der Waals surface area contributed by atoms with Crippen LogP contribution in [-0.2, 0) is 11.3 Å². The lowest BCUT2D eigenvalue weighted by Crippen LogP contribution is -2.31. The van der Waals surface area contributed by atoms with Crippen molar-refractivity contribution < 1.29 is 14.3 Å². The standard InChI is InChI=1S/C17H27N3O3/c1-7-10-20-13(4)14(16(21)18-9-11-19(5)6)12(3)15(20)17(22)23-8-2/h7H,1,8-11H2,2-6H3,(H,18,21). The zero-order valence-electron chi connectivity index (χ0n) is 14.7. The Bertz CT molecular complexity index is 588. The number of hydrogen-bond acceptors (Lipinski definition) is 4. The van der Waals surface area contributed by atoms with Crippen LogP contribution in [0.3, 0.4) is 0 Å². The molecule has 0 aliphatic rings. The summed E-state index contributed by atoms with van der Waals surface area (Å²) in [5, 5.41) is 2.89. The third-order valence-corrected chi connectivity index (χ3v) is 3.62. The first-order chi connectivity index (χ1) is 10.8. The second kappa shape index (κ2) is 8.53. The number of aromatic nitrogens is 1. The highest BCUT2D eigenvalue weighted by Gasteiger charge is 2.26. The monoisotopic (exact) mass is 321 g/mol. The molecule has 0 aliphatic carbocycles. The Morgan fingerprint density at radius 2 is 2.00 bits per heavy atom. The number of amides is 1. The maximum atomic E-state index is 12.5. The minimum absolute atomic E-state index is 0.171. The van der Waals surface area contributed by atoms with Crippen molar-refractivity contribution >= 4 is 11.9 Å². The van der Waals surface area contributed by atoms with Crippen LogP contribution in [0.5, 0.6) is 0 Å². The number of rotatable bonds is 8. The lowest BCUT2D eigenvalue weighted by atomic mass is 10.1. The van der Waals surface area contributed by atoms with Gasteiger partial charge in [-0.25, -0.2) is 4.79 Å². The molecular formula is C17H27N3O3. The van der Waals surface area contributed by atoms with Crippen molar-refractivity contribution in [1.29, 1.82) is 0 Å². The average Bonchev–Trinajstić information content (AvgIpc) is 2.70. The molecular weight excluding hydrogens is 294 g/mol. The highest BCUT2D eigenvalue weighted by Crippen LogP contribution is 2.23. The Labute approximate surface area is 138 Å². The third-order valence-electron chi connectivity index (χ3n) is 3.62. The van der Waals surface area contributed by atoms with Crippen molar-refractivity contribution in [2.75, 3.05) is 33.8 Å². The molecule has 1 rings (SSSR count). The number of ether oxygens (including phenoxy) is 1. The molecule has 0 fully saturated rings. The summed E-state index contributed by atoms with van der Waals surface area (Å²) in [6.07, 6.45) is 1.70. The lowest BCUT2D eigenvalue weighted by Gasteiger charge is -2.11. The predicted octanol–water partition coefficient (Wildman–Crippen LogP) is 1.76. The summed E-state index contributed by atoms with van der Waals surface area (Å²) in [4.78, 5) is 26.7. The number of carbonyl (C=O) groups is 2. The van der Waals surface area contributed by atoms with Crippen LogP contribution >= 0.6 is 0 Å². The Morgan fingerprint density at radius 3 is 2.52 bits per heavy atom. The topological polar surface area (TPSA) is 63.6 Å². The summed E-state index contributed by atoms with van der Waals surface area (Å²) in [6.45, 7) is 11.1. The van der Waals surface area contributed by atoms with E-state index in [0.717, 1.165) is 12.2 Å². The molecule has 0 atom stereocenters. The molecule has 0 saturated carbocycles. The van der Waals surface area contributed by atoms with E-state index in [1.165, 1.54) is 0 Å². The number of esters is 1. The molecule has 128 valence electrons. The summed E-state index contributed by atoms with van der Waals surface area (Å²) in [5.41, 5.74) is 2.34. The van der Waals surface area contributed by atoms with E-state index < -0.39 is 5.97 Å². The zero-order valence-corrected chi connectivity index (χ0v) is 14.7. The van der Waals surface area contributed by atoms with Gasteiger partial charge in [-0.2, -0.15) is 0 Å². The molecule has 0 saturated heterocycles. The molecule has 1 aromatic heterocycles. The minimum Gasteiger partial charge on any atom is -0.461 e. The summed E-state index contributed by atoms with van der Waals surface area (Å²) < 4.78 is 6.90. The van der Waals surface area contributed by atoms with Gasteiger partial charge >= 0.3 is 5.97 Å². The van der Waals surface area contributed by atoms with Gasteiger partial charge in [0, 0.05) is 25.3 Å². The fourth-order valence-electron chi connectivity index (χ4n) is 2.53. The van der Waals surface area contributed by atoms with Gasteiger partial charge in [0.2, 0.25) is 0 Å². The van der Waals surface area contributed by atoms with Crippen LogP contribution in [-0.4, -0.2) is 55.1 Å². The van der Waals surface area contributed by atoms with E-state index in [4.69, 9.17) is 4.74 Å². The van der Waals surface area contributed by atoms with E-state index in [1.54, 1.807) is 24.5 Å². The molecule has 0 unspecified atom stereocenters. The van der Waals surface area contributed by atoms with E-state index in [1.807, 2.05) is 25.9 Å². The normalized spacial score (nSPS) is 10.7. The average molecular weight is 321 g/mol. The first-order valence-electron chi connectivity index (χ1n) is 7.75. The van der Waals surface area contributed by atoms with Gasteiger partial charge in [0.25, 0.3) is 5.91 Å². The van der Waals surface area contributed by atoms with E-state index in [2.05, 4.69) is 11.9 Å². The van der Waals surface area contributed by atoms with Gasteiger partial charge in [-0.05, 0) is 40.4 Å². The number of carbonyl (C=O) groups excluding carboxylic acids is 2. The molecule has 1 heterocycles. The molecule has 0 radical (unpaired) electrons. The van der Waals surface area contributed by atoms with Crippen molar-refractivity contribution in [1.82, 2.24) is 14.8 Å². The highest BCUT2D eigenvalue weighted by molar-refractivity contribution is 6.01. The van der Waals surface area contributed by atoms with E-state index in [-0.39, 0.29) is 5.91 Å². The molecule has 0 aliphatic heterocycles. The van der Waals surface area contributed by atoms with Gasteiger partial charge < -0.3 is 19.5 Å². The third kappa shape index (κ3) is 4.45. The van der Waals surface area contributed by atoms with Crippen LogP contribution in [0.4, 0.5) is 0 Å². The first kappa shape index (κ1) is 19.0. The van der Waals surface area contributed by atoms with Crippen molar-refractivity contribution in [3.63, 3.8) is 0 Å². The predicted molar refractivity (Wildman–Crippen MR) is 90.9 cm³/mol. The van der Waals surface area contributed by atoms with Gasteiger partial charge in [0.15, 0.2) is 0 Å². The van der Waals surface area contributed by atoms with Crippen LogP contribution in [0.25, 0.3) is 0 Å². The Kier molecular flexibility index (Phi) is 7.03. The van der Waals surface area contributed by atoms with E-state index >= 15 is 0 Å². The van der Waals surface area contributed by atoms with Crippen LogP contribution in [0, 0.1) is 13.8 Å². The molecule has 6 heteroatoms. The van der Waals surface area contributed by atoms with Gasteiger partial charge in [0.1, 0.15) is 5.69 Å². The number of allylic oxidation sites excluding steroid dienone is 1. The van der Waals surface area contributed by atoms with Crippen molar-refractivity contribution in [2.45, 2.75) is 27.3 Å². The fourth-order valence-corrected chi connectivity index (χ4v) is 2.53. The highest BCUT2D eigenvalue weighted by atomic mass is 16.5. The fraction of sp³-hybridized carbons (Fsp3) is 0.529. The summed E-state index contributed by atoms with van der Waals surface area (Å²) in [7, 11) is 3.89. The smallest absolute Gasteiger partial charge is 0.355 e. The quantitative estimate of drug-likeness (QED) is 0.585.